The van der Waals surface area contributed by atoms with Crippen molar-refractivity contribution in [3.05, 3.63) is 29.8 Å². The monoisotopic (exact) mass is 191 g/mol. The highest BCUT2D eigenvalue weighted by Gasteiger charge is 2.25. The van der Waals surface area contributed by atoms with E-state index in [1.165, 1.54) is 12.8 Å². The van der Waals surface area contributed by atoms with Gasteiger partial charge in [0.2, 0.25) is 0 Å². The highest BCUT2D eigenvalue weighted by atomic mass is 16.3. The molecule has 2 heteroatoms. The summed E-state index contributed by atoms with van der Waals surface area (Å²) in [5.74, 6) is 0.855. The minimum atomic E-state index is 0.117. The Morgan fingerprint density at radius 2 is 2.07 bits per heavy atom. The quantitative estimate of drug-likeness (QED) is 0.769. The lowest BCUT2D eigenvalue weighted by Gasteiger charge is -2.34. The molecule has 0 spiro atoms. The predicted molar refractivity (Wildman–Crippen MR) is 58.2 cm³/mol. The van der Waals surface area contributed by atoms with Gasteiger partial charge < -0.3 is 10.4 Å². The summed E-state index contributed by atoms with van der Waals surface area (Å²) in [7, 11) is 0. The number of anilines is 1. The number of benzene rings is 1. The van der Waals surface area contributed by atoms with E-state index >= 15 is 0 Å². The second-order valence-electron chi connectivity index (χ2n) is 4.23. The van der Waals surface area contributed by atoms with Crippen molar-refractivity contribution in [1.82, 2.24) is 0 Å². The van der Waals surface area contributed by atoms with E-state index in [9.17, 15) is 0 Å². The standard InChI is InChI=1S/C12H17NO/c1-9-6-11(7-9)13-12-5-3-2-4-10(12)8-14/h2-5,9,11,13-14H,6-8H2,1H3. The average Bonchev–Trinajstić information content (AvgIpc) is 2.16. The minimum absolute atomic E-state index is 0.117. The third kappa shape index (κ3) is 1.90. The third-order valence-electron chi connectivity index (χ3n) is 2.92. The maximum atomic E-state index is 9.13. The summed E-state index contributed by atoms with van der Waals surface area (Å²) >= 11 is 0. The van der Waals surface area contributed by atoms with E-state index in [0.29, 0.717) is 6.04 Å². The van der Waals surface area contributed by atoms with Gasteiger partial charge in [0.1, 0.15) is 0 Å². The van der Waals surface area contributed by atoms with Crippen LogP contribution in [0.1, 0.15) is 25.3 Å². The van der Waals surface area contributed by atoms with Gasteiger partial charge in [0.25, 0.3) is 0 Å². The fraction of sp³-hybridized carbons (Fsp3) is 0.500. The summed E-state index contributed by atoms with van der Waals surface area (Å²) < 4.78 is 0. The topological polar surface area (TPSA) is 32.3 Å². The van der Waals surface area contributed by atoms with Crippen molar-refractivity contribution in [3.8, 4) is 0 Å². The van der Waals surface area contributed by atoms with Crippen LogP contribution >= 0.6 is 0 Å². The first kappa shape index (κ1) is 9.53. The Bertz CT molecular complexity index is 305. The van der Waals surface area contributed by atoms with E-state index in [0.717, 1.165) is 17.2 Å². The maximum Gasteiger partial charge on any atom is 0.0701 e. The van der Waals surface area contributed by atoms with Crippen LogP contribution in [0.3, 0.4) is 0 Å². The second kappa shape index (κ2) is 4.01. The molecule has 2 nitrogen and oxygen atoms in total. The van der Waals surface area contributed by atoms with E-state index in [-0.39, 0.29) is 6.61 Å². The van der Waals surface area contributed by atoms with Crippen LogP contribution in [0.5, 0.6) is 0 Å². The Labute approximate surface area is 85.0 Å². The van der Waals surface area contributed by atoms with Crippen molar-refractivity contribution in [2.75, 3.05) is 5.32 Å². The van der Waals surface area contributed by atoms with E-state index in [4.69, 9.17) is 5.11 Å². The first-order valence-corrected chi connectivity index (χ1v) is 5.25. The minimum Gasteiger partial charge on any atom is -0.392 e. The van der Waals surface area contributed by atoms with Crippen LogP contribution in [-0.4, -0.2) is 11.1 Å². The van der Waals surface area contributed by atoms with Gasteiger partial charge in [0.15, 0.2) is 0 Å². The van der Waals surface area contributed by atoms with Crippen molar-refractivity contribution >= 4 is 5.69 Å². The molecule has 0 aliphatic heterocycles. The molecule has 14 heavy (non-hydrogen) atoms. The molecule has 1 saturated carbocycles. The lowest BCUT2D eigenvalue weighted by molar-refractivity contribution is 0.281. The zero-order chi connectivity index (χ0) is 9.97. The zero-order valence-electron chi connectivity index (χ0n) is 8.53. The molecule has 2 rings (SSSR count). The normalized spacial score (nSPS) is 25.6. The van der Waals surface area contributed by atoms with Gasteiger partial charge in [-0.1, -0.05) is 25.1 Å². The summed E-state index contributed by atoms with van der Waals surface area (Å²) in [4.78, 5) is 0. The van der Waals surface area contributed by atoms with Crippen molar-refractivity contribution < 1.29 is 5.11 Å². The van der Waals surface area contributed by atoms with Crippen LogP contribution in [0.25, 0.3) is 0 Å². The highest BCUT2D eigenvalue weighted by molar-refractivity contribution is 5.51. The summed E-state index contributed by atoms with van der Waals surface area (Å²) in [6.45, 7) is 2.39. The number of aliphatic hydroxyl groups is 1. The number of para-hydroxylation sites is 1. The average molecular weight is 191 g/mol. The van der Waals surface area contributed by atoms with Crippen molar-refractivity contribution in [2.24, 2.45) is 5.92 Å². The van der Waals surface area contributed by atoms with Crippen LogP contribution in [0, 0.1) is 5.92 Å². The van der Waals surface area contributed by atoms with Crippen molar-refractivity contribution in [3.63, 3.8) is 0 Å². The highest BCUT2D eigenvalue weighted by Crippen LogP contribution is 2.30. The molecule has 2 N–H and O–H groups in total. The molecule has 1 aromatic carbocycles. The Balaban J connectivity index is 2.01. The third-order valence-corrected chi connectivity index (χ3v) is 2.92. The van der Waals surface area contributed by atoms with Gasteiger partial charge in [-0.15, -0.1) is 0 Å². The Morgan fingerprint density at radius 3 is 2.71 bits per heavy atom. The summed E-state index contributed by atoms with van der Waals surface area (Å²) in [5, 5.41) is 12.6. The largest absolute Gasteiger partial charge is 0.392 e. The first-order chi connectivity index (χ1) is 6.79. The van der Waals surface area contributed by atoms with Gasteiger partial charge in [-0.2, -0.15) is 0 Å². The number of hydrogen-bond donors (Lipinski definition) is 2. The van der Waals surface area contributed by atoms with Crippen LogP contribution in [0.2, 0.25) is 0 Å². The van der Waals surface area contributed by atoms with Crippen molar-refractivity contribution in [1.29, 1.82) is 0 Å². The molecule has 1 aromatic rings. The number of nitrogens with one attached hydrogen (secondary N) is 1. The molecule has 0 unspecified atom stereocenters. The molecule has 1 aliphatic carbocycles. The summed E-state index contributed by atoms with van der Waals surface area (Å²) in [6.07, 6.45) is 2.50. The maximum absolute atomic E-state index is 9.13. The molecular weight excluding hydrogens is 174 g/mol. The SMILES string of the molecule is CC1CC(Nc2ccccc2CO)C1. The fourth-order valence-corrected chi connectivity index (χ4v) is 2.04. The van der Waals surface area contributed by atoms with Crippen LogP contribution < -0.4 is 5.32 Å². The van der Waals surface area contributed by atoms with Crippen LogP contribution in [0.15, 0.2) is 24.3 Å². The van der Waals surface area contributed by atoms with E-state index < -0.39 is 0 Å². The lowest BCUT2D eigenvalue weighted by Crippen LogP contribution is -2.34. The molecule has 0 radical (unpaired) electrons. The smallest absolute Gasteiger partial charge is 0.0701 e. The number of aliphatic hydroxyl groups excluding tert-OH is 1. The second-order valence-corrected chi connectivity index (χ2v) is 4.23. The summed E-state index contributed by atoms with van der Waals surface area (Å²) in [6, 6.07) is 8.57. The first-order valence-electron chi connectivity index (χ1n) is 5.25. The molecule has 1 fully saturated rings. The molecule has 0 heterocycles. The lowest BCUT2D eigenvalue weighted by atomic mass is 9.81. The zero-order valence-corrected chi connectivity index (χ0v) is 8.53. The molecule has 0 atom stereocenters. The van der Waals surface area contributed by atoms with Crippen LogP contribution in [0.4, 0.5) is 5.69 Å². The molecule has 0 saturated heterocycles. The Hall–Kier alpha value is -1.02. The van der Waals surface area contributed by atoms with Gasteiger partial charge in [0.05, 0.1) is 6.61 Å². The molecular formula is C12H17NO. The Kier molecular flexibility index (Phi) is 2.73. The molecule has 0 bridgehead atoms. The molecule has 1 aliphatic rings. The molecule has 0 amide bonds. The van der Waals surface area contributed by atoms with E-state index in [2.05, 4.69) is 12.2 Å². The fourth-order valence-electron chi connectivity index (χ4n) is 2.04. The van der Waals surface area contributed by atoms with Gasteiger partial charge in [0, 0.05) is 17.3 Å². The number of rotatable bonds is 3. The van der Waals surface area contributed by atoms with Crippen LogP contribution in [-0.2, 0) is 6.61 Å². The number of hydrogen-bond acceptors (Lipinski definition) is 2. The van der Waals surface area contributed by atoms with Gasteiger partial charge >= 0.3 is 0 Å². The van der Waals surface area contributed by atoms with Gasteiger partial charge in [-0.25, -0.2) is 0 Å². The predicted octanol–water partition coefficient (Wildman–Crippen LogP) is 2.39. The molecule has 76 valence electrons. The Morgan fingerprint density at radius 1 is 1.36 bits per heavy atom. The van der Waals surface area contributed by atoms with E-state index in [1.54, 1.807) is 0 Å². The van der Waals surface area contributed by atoms with E-state index in [1.807, 2.05) is 24.3 Å². The molecule has 0 aromatic heterocycles. The van der Waals surface area contributed by atoms with Gasteiger partial charge in [-0.05, 0) is 24.8 Å². The van der Waals surface area contributed by atoms with Crippen molar-refractivity contribution in [2.45, 2.75) is 32.4 Å². The van der Waals surface area contributed by atoms with Gasteiger partial charge in [-0.3, -0.25) is 0 Å². The summed E-state index contributed by atoms with van der Waals surface area (Å²) in [5.41, 5.74) is 2.08.